The Bertz CT molecular complexity index is 655. The molecule has 156 valence electrons. The minimum atomic E-state index is -0.112. The molecule has 28 heavy (non-hydrogen) atoms. The molecule has 0 amide bonds. The van der Waals surface area contributed by atoms with Gasteiger partial charge in [0, 0.05) is 19.6 Å². The number of benzene rings is 1. The predicted octanol–water partition coefficient (Wildman–Crippen LogP) is 2.83. The van der Waals surface area contributed by atoms with Gasteiger partial charge in [0.1, 0.15) is 0 Å². The third kappa shape index (κ3) is 6.04. The first kappa shape index (κ1) is 21.9. The largest absolute Gasteiger partial charge is 0.493 e. The number of esters is 1. The fourth-order valence-electron chi connectivity index (χ4n) is 3.23. The number of rotatable bonds is 8. The molecule has 0 unspecified atom stereocenters. The first-order chi connectivity index (χ1) is 13.6. The number of methoxy groups -OCH3 is 2. The molecule has 0 saturated carbocycles. The van der Waals surface area contributed by atoms with Crippen LogP contribution in [0, 0.1) is 5.92 Å². The first-order valence-electron chi connectivity index (χ1n) is 10.0. The molecular weight excluding hydrogens is 358 g/mol. The summed E-state index contributed by atoms with van der Waals surface area (Å²) in [5.41, 5.74) is 1.06. The molecule has 1 heterocycles. The number of piperidine rings is 1. The van der Waals surface area contributed by atoms with Crippen LogP contribution in [0.1, 0.15) is 38.7 Å². The van der Waals surface area contributed by atoms with Gasteiger partial charge in [-0.05, 0) is 43.9 Å². The minimum Gasteiger partial charge on any atom is -0.493 e. The summed E-state index contributed by atoms with van der Waals surface area (Å²) >= 11 is 0. The highest BCUT2D eigenvalue weighted by Gasteiger charge is 2.26. The van der Waals surface area contributed by atoms with Crippen molar-refractivity contribution >= 4 is 11.9 Å². The molecule has 1 aromatic carbocycles. The van der Waals surface area contributed by atoms with E-state index in [-0.39, 0.29) is 11.9 Å². The summed E-state index contributed by atoms with van der Waals surface area (Å²) < 4.78 is 16.0. The lowest BCUT2D eigenvalue weighted by Gasteiger charge is -2.33. The Morgan fingerprint density at radius 2 is 1.96 bits per heavy atom. The van der Waals surface area contributed by atoms with Crippen LogP contribution in [-0.4, -0.2) is 57.3 Å². The van der Waals surface area contributed by atoms with Crippen LogP contribution in [-0.2, 0) is 16.1 Å². The third-order valence-electron chi connectivity index (χ3n) is 4.77. The maximum Gasteiger partial charge on any atom is 0.308 e. The van der Waals surface area contributed by atoms with E-state index < -0.39 is 0 Å². The third-order valence-corrected chi connectivity index (χ3v) is 4.77. The lowest BCUT2D eigenvalue weighted by Crippen LogP contribution is -2.46. The zero-order valence-corrected chi connectivity index (χ0v) is 17.5. The number of ether oxygens (including phenoxy) is 3. The molecule has 1 fully saturated rings. The minimum absolute atomic E-state index is 0.0101. The summed E-state index contributed by atoms with van der Waals surface area (Å²) in [4.78, 5) is 18.7. The zero-order chi connectivity index (χ0) is 20.4. The van der Waals surface area contributed by atoms with Gasteiger partial charge < -0.3 is 24.4 Å². The standard InChI is InChI=1S/C21H33N3O4/c1-5-13-28-18-8-7-16(14-19(18)26-3)15-23-21(22-6-2)24-11-9-17(10-12-24)20(25)27-4/h7-8,14,17H,5-6,9-13,15H2,1-4H3,(H,22,23). The van der Waals surface area contributed by atoms with Crippen molar-refractivity contribution < 1.29 is 19.0 Å². The van der Waals surface area contributed by atoms with Crippen LogP contribution in [0.2, 0.25) is 0 Å². The lowest BCUT2D eigenvalue weighted by atomic mass is 9.97. The average Bonchev–Trinajstić information content (AvgIpc) is 2.75. The van der Waals surface area contributed by atoms with E-state index in [9.17, 15) is 4.79 Å². The molecule has 2 rings (SSSR count). The highest BCUT2D eigenvalue weighted by atomic mass is 16.5. The molecule has 7 heteroatoms. The van der Waals surface area contributed by atoms with Crippen LogP contribution in [0.15, 0.2) is 23.2 Å². The fourth-order valence-corrected chi connectivity index (χ4v) is 3.23. The van der Waals surface area contributed by atoms with Gasteiger partial charge in [-0.2, -0.15) is 0 Å². The Morgan fingerprint density at radius 1 is 1.21 bits per heavy atom. The van der Waals surface area contributed by atoms with Gasteiger partial charge in [0.2, 0.25) is 0 Å². The van der Waals surface area contributed by atoms with Gasteiger partial charge in [-0.25, -0.2) is 4.99 Å². The summed E-state index contributed by atoms with van der Waals surface area (Å²) in [5.74, 6) is 2.23. The van der Waals surface area contributed by atoms with Crippen molar-refractivity contribution in [2.45, 2.75) is 39.7 Å². The van der Waals surface area contributed by atoms with E-state index in [2.05, 4.69) is 24.1 Å². The SMILES string of the molecule is CCCOc1ccc(CN=C(NCC)N2CCC(C(=O)OC)CC2)cc1OC. The maximum atomic E-state index is 11.7. The number of aliphatic imine (C=N–C) groups is 1. The average molecular weight is 392 g/mol. The number of hydrogen-bond donors (Lipinski definition) is 1. The summed E-state index contributed by atoms with van der Waals surface area (Å²) in [6, 6.07) is 5.93. The second kappa shape index (κ2) is 11.4. The number of carbonyl (C=O) groups is 1. The number of guanidine groups is 1. The van der Waals surface area contributed by atoms with Crippen molar-refractivity contribution in [2.75, 3.05) is 40.5 Å². The van der Waals surface area contributed by atoms with Gasteiger partial charge in [0.05, 0.1) is 33.3 Å². The van der Waals surface area contributed by atoms with E-state index in [1.807, 2.05) is 18.2 Å². The molecule has 1 aromatic rings. The van der Waals surface area contributed by atoms with Crippen molar-refractivity contribution in [3.8, 4) is 11.5 Å². The van der Waals surface area contributed by atoms with E-state index >= 15 is 0 Å². The quantitative estimate of drug-likeness (QED) is 0.417. The monoisotopic (exact) mass is 391 g/mol. The zero-order valence-electron chi connectivity index (χ0n) is 17.5. The van der Waals surface area contributed by atoms with Gasteiger partial charge in [-0.15, -0.1) is 0 Å². The normalized spacial score (nSPS) is 15.3. The highest BCUT2D eigenvalue weighted by molar-refractivity contribution is 5.80. The number of carbonyl (C=O) groups excluding carboxylic acids is 1. The van der Waals surface area contributed by atoms with Crippen LogP contribution >= 0.6 is 0 Å². The van der Waals surface area contributed by atoms with E-state index in [4.69, 9.17) is 19.2 Å². The van der Waals surface area contributed by atoms with E-state index in [0.29, 0.717) is 13.2 Å². The number of hydrogen-bond acceptors (Lipinski definition) is 5. The van der Waals surface area contributed by atoms with Crippen LogP contribution in [0.3, 0.4) is 0 Å². The van der Waals surface area contributed by atoms with Crippen molar-refractivity contribution in [2.24, 2.45) is 10.9 Å². The molecular formula is C21H33N3O4. The molecule has 1 saturated heterocycles. The second-order valence-corrected chi connectivity index (χ2v) is 6.79. The summed E-state index contributed by atoms with van der Waals surface area (Å²) in [6.45, 7) is 7.72. The van der Waals surface area contributed by atoms with Crippen molar-refractivity contribution in [3.05, 3.63) is 23.8 Å². The Kier molecular flexibility index (Phi) is 8.91. The molecule has 0 spiro atoms. The summed E-state index contributed by atoms with van der Waals surface area (Å²) in [5, 5.41) is 3.35. The number of nitrogens with one attached hydrogen (secondary N) is 1. The molecule has 0 bridgehead atoms. The van der Waals surface area contributed by atoms with Gasteiger partial charge >= 0.3 is 5.97 Å². The molecule has 0 aromatic heterocycles. The van der Waals surface area contributed by atoms with E-state index in [0.717, 1.165) is 61.9 Å². The van der Waals surface area contributed by atoms with Crippen molar-refractivity contribution in [1.29, 1.82) is 0 Å². The Balaban J connectivity index is 2.03. The number of likely N-dealkylation sites (tertiary alicyclic amines) is 1. The smallest absolute Gasteiger partial charge is 0.308 e. The summed E-state index contributed by atoms with van der Waals surface area (Å²) in [7, 11) is 3.10. The fraction of sp³-hybridized carbons (Fsp3) is 0.619. The Hall–Kier alpha value is -2.44. The lowest BCUT2D eigenvalue weighted by molar-refractivity contribution is -0.146. The molecule has 7 nitrogen and oxygen atoms in total. The summed E-state index contributed by atoms with van der Waals surface area (Å²) in [6.07, 6.45) is 2.52. The maximum absolute atomic E-state index is 11.7. The van der Waals surface area contributed by atoms with E-state index in [1.54, 1.807) is 7.11 Å². The van der Waals surface area contributed by atoms with Crippen LogP contribution in [0.25, 0.3) is 0 Å². The van der Waals surface area contributed by atoms with Crippen LogP contribution < -0.4 is 14.8 Å². The first-order valence-corrected chi connectivity index (χ1v) is 10.0. The molecule has 0 atom stereocenters. The molecule has 1 aliphatic heterocycles. The molecule has 1 N–H and O–H groups in total. The second-order valence-electron chi connectivity index (χ2n) is 6.79. The Labute approximate surface area is 168 Å². The van der Waals surface area contributed by atoms with Gasteiger partial charge in [-0.3, -0.25) is 4.79 Å². The van der Waals surface area contributed by atoms with Crippen molar-refractivity contribution in [1.82, 2.24) is 10.2 Å². The molecule has 1 aliphatic rings. The van der Waals surface area contributed by atoms with Crippen molar-refractivity contribution in [3.63, 3.8) is 0 Å². The van der Waals surface area contributed by atoms with Gasteiger partial charge in [-0.1, -0.05) is 13.0 Å². The highest BCUT2D eigenvalue weighted by Crippen LogP contribution is 2.28. The Morgan fingerprint density at radius 3 is 2.57 bits per heavy atom. The van der Waals surface area contributed by atoms with Gasteiger partial charge in [0.25, 0.3) is 0 Å². The van der Waals surface area contributed by atoms with Crippen LogP contribution in [0.4, 0.5) is 0 Å². The topological polar surface area (TPSA) is 72.4 Å². The predicted molar refractivity (Wildman–Crippen MR) is 110 cm³/mol. The molecule has 0 radical (unpaired) electrons. The van der Waals surface area contributed by atoms with E-state index in [1.165, 1.54) is 7.11 Å². The number of nitrogens with zero attached hydrogens (tertiary/aromatic N) is 2. The molecule has 0 aliphatic carbocycles. The van der Waals surface area contributed by atoms with Gasteiger partial charge in [0.15, 0.2) is 17.5 Å². The van der Waals surface area contributed by atoms with Crippen LogP contribution in [0.5, 0.6) is 11.5 Å².